The van der Waals surface area contributed by atoms with Gasteiger partial charge in [0, 0.05) is 31.4 Å². The van der Waals surface area contributed by atoms with E-state index < -0.39 is 0 Å². The Labute approximate surface area is 126 Å². The molecule has 0 aromatic heterocycles. The first kappa shape index (κ1) is 16.4. The lowest BCUT2D eigenvalue weighted by molar-refractivity contribution is 0.372. The Kier molecular flexibility index (Phi) is 6.93. The standard InChI is InChI=1S/C14H23N3O2S/c1-5-15-14(20)19-16-12-9-8-11(10-13(12)18-4)17(6-2)7-3/h8-10,16H,5-7H2,1-4H3,(H,15,20). The maximum Gasteiger partial charge on any atom is 0.286 e. The Morgan fingerprint density at radius 3 is 2.50 bits per heavy atom. The molecular weight excluding hydrogens is 274 g/mol. The largest absolute Gasteiger partial charge is 0.494 e. The molecule has 0 amide bonds. The van der Waals surface area contributed by atoms with Gasteiger partial charge in [0.1, 0.15) is 11.4 Å². The van der Waals surface area contributed by atoms with Crippen LogP contribution in [-0.2, 0) is 4.84 Å². The van der Waals surface area contributed by atoms with Crippen molar-refractivity contribution in [2.24, 2.45) is 0 Å². The molecule has 0 atom stereocenters. The molecule has 112 valence electrons. The van der Waals surface area contributed by atoms with E-state index in [-0.39, 0.29) is 0 Å². The first-order valence-electron chi connectivity index (χ1n) is 6.79. The van der Waals surface area contributed by atoms with Crippen molar-refractivity contribution in [3.05, 3.63) is 18.2 Å². The van der Waals surface area contributed by atoms with Gasteiger partial charge in [0.2, 0.25) is 0 Å². The summed E-state index contributed by atoms with van der Waals surface area (Å²) >= 11 is 4.99. The van der Waals surface area contributed by atoms with Crippen LogP contribution < -0.4 is 20.4 Å². The smallest absolute Gasteiger partial charge is 0.286 e. The van der Waals surface area contributed by atoms with Crippen molar-refractivity contribution in [3.63, 3.8) is 0 Å². The summed E-state index contributed by atoms with van der Waals surface area (Å²) in [7, 11) is 1.63. The van der Waals surface area contributed by atoms with Crippen molar-refractivity contribution < 1.29 is 9.57 Å². The van der Waals surface area contributed by atoms with Gasteiger partial charge in [-0.3, -0.25) is 0 Å². The highest BCUT2D eigenvalue weighted by Crippen LogP contribution is 2.29. The Morgan fingerprint density at radius 1 is 1.25 bits per heavy atom. The third-order valence-corrected chi connectivity index (χ3v) is 3.12. The summed E-state index contributed by atoms with van der Waals surface area (Å²) in [5.74, 6) is 0.716. The zero-order valence-electron chi connectivity index (χ0n) is 12.5. The molecule has 0 aliphatic carbocycles. The fourth-order valence-electron chi connectivity index (χ4n) is 1.83. The molecule has 0 radical (unpaired) electrons. The van der Waals surface area contributed by atoms with Gasteiger partial charge in [-0.1, -0.05) is 0 Å². The molecule has 2 N–H and O–H groups in total. The molecule has 0 fully saturated rings. The summed E-state index contributed by atoms with van der Waals surface area (Å²) in [6.45, 7) is 8.83. The Morgan fingerprint density at radius 2 is 1.95 bits per heavy atom. The molecule has 1 aromatic rings. The maximum atomic E-state index is 5.38. The lowest BCUT2D eigenvalue weighted by Gasteiger charge is -2.22. The second-order valence-corrected chi connectivity index (χ2v) is 4.45. The van der Waals surface area contributed by atoms with Gasteiger partial charge in [-0.05, 0) is 45.1 Å². The summed E-state index contributed by atoms with van der Waals surface area (Å²) < 4.78 is 5.38. The molecule has 6 heteroatoms. The van der Waals surface area contributed by atoms with Crippen molar-refractivity contribution in [2.45, 2.75) is 20.8 Å². The molecule has 0 saturated carbocycles. The Balaban J connectivity index is 2.80. The van der Waals surface area contributed by atoms with E-state index in [2.05, 4.69) is 29.5 Å². The van der Waals surface area contributed by atoms with Crippen LogP contribution in [0.2, 0.25) is 0 Å². The third-order valence-electron chi connectivity index (χ3n) is 2.89. The first-order valence-corrected chi connectivity index (χ1v) is 7.20. The number of rotatable bonds is 7. The van der Waals surface area contributed by atoms with E-state index >= 15 is 0 Å². The fraction of sp³-hybridized carbons (Fsp3) is 0.500. The zero-order valence-corrected chi connectivity index (χ0v) is 13.3. The molecular formula is C14H23N3O2S. The molecule has 0 aliphatic rings. The summed E-state index contributed by atoms with van der Waals surface area (Å²) in [5, 5.41) is 3.21. The van der Waals surface area contributed by atoms with Crippen LogP contribution in [0.4, 0.5) is 11.4 Å². The van der Waals surface area contributed by atoms with Crippen LogP contribution in [0.1, 0.15) is 20.8 Å². The lowest BCUT2D eigenvalue weighted by Crippen LogP contribution is -2.25. The highest BCUT2D eigenvalue weighted by atomic mass is 32.1. The first-order chi connectivity index (χ1) is 9.65. The summed E-state index contributed by atoms with van der Waals surface area (Å²) in [4.78, 5) is 7.49. The third kappa shape index (κ3) is 4.45. The van der Waals surface area contributed by atoms with Gasteiger partial charge in [-0.25, -0.2) is 5.48 Å². The number of nitrogens with zero attached hydrogens (tertiary/aromatic N) is 1. The van der Waals surface area contributed by atoms with Crippen molar-refractivity contribution in [1.82, 2.24) is 5.32 Å². The summed E-state index contributed by atoms with van der Waals surface area (Å²) in [5.41, 5.74) is 4.66. The van der Waals surface area contributed by atoms with Crippen LogP contribution in [0.3, 0.4) is 0 Å². The van der Waals surface area contributed by atoms with Crippen LogP contribution in [0.5, 0.6) is 5.75 Å². The number of benzene rings is 1. The van der Waals surface area contributed by atoms with Gasteiger partial charge in [0.05, 0.1) is 7.11 Å². The molecule has 0 bridgehead atoms. The van der Waals surface area contributed by atoms with Crippen LogP contribution in [0, 0.1) is 0 Å². The maximum absolute atomic E-state index is 5.38. The van der Waals surface area contributed by atoms with Crippen molar-refractivity contribution in [2.75, 3.05) is 37.1 Å². The van der Waals surface area contributed by atoms with E-state index in [4.69, 9.17) is 21.8 Å². The minimum Gasteiger partial charge on any atom is -0.494 e. The molecule has 0 unspecified atom stereocenters. The van der Waals surface area contributed by atoms with Crippen LogP contribution >= 0.6 is 12.2 Å². The highest BCUT2D eigenvalue weighted by molar-refractivity contribution is 7.80. The van der Waals surface area contributed by atoms with Gasteiger partial charge in [-0.15, -0.1) is 0 Å². The molecule has 0 spiro atoms. The van der Waals surface area contributed by atoms with Crippen molar-refractivity contribution >= 4 is 28.8 Å². The quantitative estimate of drug-likeness (QED) is 0.596. The van der Waals surface area contributed by atoms with Crippen LogP contribution in [-0.4, -0.2) is 31.9 Å². The minimum atomic E-state index is 0.308. The highest BCUT2D eigenvalue weighted by Gasteiger charge is 2.09. The lowest BCUT2D eigenvalue weighted by atomic mass is 10.2. The monoisotopic (exact) mass is 297 g/mol. The summed E-state index contributed by atoms with van der Waals surface area (Å²) in [6, 6.07) is 5.92. The number of thiocarbonyl (C=S) groups is 1. The Hall–Kier alpha value is -1.69. The second-order valence-electron chi connectivity index (χ2n) is 4.08. The van der Waals surface area contributed by atoms with Gasteiger partial charge in [-0.2, -0.15) is 0 Å². The Bertz CT molecular complexity index is 436. The predicted octanol–water partition coefficient (Wildman–Crippen LogP) is 2.78. The minimum absolute atomic E-state index is 0.308. The SMILES string of the molecule is CCNC(=S)ONc1ccc(N(CC)CC)cc1OC. The number of ether oxygens (including phenoxy) is 1. The number of anilines is 2. The number of nitrogens with one attached hydrogen (secondary N) is 2. The van der Waals surface area contributed by atoms with Crippen LogP contribution in [0.25, 0.3) is 0 Å². The molecule has 1 rings (SSSR count). The summed E-state index contributed by atoms with van der Waals surface area (Å²) in [6.07, 6.45) is 0. The molecule has 20 heavy (non-hydrogen) atoms. The van der Waals surface area contributed by atoms with E-state index in [9.17, 15) is 0 Å². The topological polar surface area (TPSA) is 45.8 Å². The average molecular weight is 297 g/mol. The zero-order chi connectivity index (χ0) is 15.0. The molecule has 0 aliphatic heterocycles. The number of methoxy groups -OCH3 is 1. The normalized spacial score (nSPS) is 9.80. The number of hydrogen-bond acceptors (Lipinski definition) is 5. The molecule has 1 aromatic carbocycles. The van der Waals surface area contributed by atoms with Gasteiger partial charge in [0.15, 0.2) is 0 Å². The van der Waals surface area contributed by atoms with Crippen molar-refractivity contribution in [1.29, 1.82) is 0 Å². The van der Waals surface area contributed by atoms with E-state index in [1.54, 1.807) is 7.11 Å². The van der Waals surface area contributed by atoms with E-state index in [0.717, 1.165) is 31.0 Å². The second kappa shape index (κ2) is 8.47. The van der Waals surface area contributed by atoms with Crippen LogP contribution in [0.15, 0.2) is 18.2 Å². The van der Waals surface area contributed by atoms with E-state index in [1.807, 2.05) is 25.1 Å². The van der Waals surface area contributed by atoms with E-state index in [0.29, 0.717) is 10.9 Å². The average Bonchev–Trinajstić information content (AvgIpc) is 2.47. The van der Waals surface area contributed by atoms with Gasteiger partial charge < -0.3 is 19.8 Å². The van der Waals surface area contributed by atoms with Crippen molar-refractivity contribution in [3.8, 4) is 5.75 Å². The fourth-order valence-corrected chi connectivity index (χ4v) is 2.02. The van der Waals surface area contributed by atoms with Gasteiger partial charge in [0.25, 0.3) is 5.17 Å². The molecule has 0 heterocycles. The molecule has 0 saturated heterocycles. The van der Waals surface area contributed by atoms with E-state index in [1.165, 1.54) is 0 Å². The predicted molar refractivity (Wildman–Crippen MR) is 87.5 cm³/mol. The number of hydrogen-bond donors (Lipinski definition) is 2. The van der Waals surface area contributed by atoms with Gasteiger partial charge >= 0.3 is 0 Å². The molecule has 5 nitrogen and oxygen atoms in total.